The number of nitrogen functional groups attached to an aromatic ring is 1. The Morgan fingerprint density at radius 3 is 2.76 bits per heavy atom. The Morgan fingerprint density at radius 2 is 1.95 bits per heavy atom. The second kappa shape index (κ2) is 9.60. The first-order valence-corrected chi connectivity index (χ1v) is 14.7. The number of nitrogens with zero attached hydrogens (tertiary/aromatic N) is 6. The van der Waals surface area contributed by atoms with Crippen molar-refractivity contribution in [1.82, 2.24) is 30.2 Å². The molecule has 4 fully saturated rings. The van der Waals surface area contributed by atoms with Crippen molar-refractivity contribution in [2.45, 2.75) is 55.9 Å². The van der Waals surface area contributed by atoms with E-state index in [9.17, 15) is 8.78 Å². The van der Waals surface area contributed by atoms with E-state index in [-0.39, 0.29) is 23.1 Å². The van der Waals surface area contributed by atoms with Gasteiger partial charge in [-0.25, -0.2) is 13.8 Å². The van der Waals surface area contributed by atoms with Crippen molar-refractivity contribution in [3.63, 3.8) is 0 Å². The van der Waals surface area contributed by atoms with Crippen LogP contribution in [0.5, 0.6) is 6.01 Å². The number of pyridine rings is 1. The van der Waals surface area contributed by atoms with E-state index in [1.807, 2.05) is 6.07 Å². The molecule has 4 aliphatic heterocycles. The van der Waals surface area contributed by atoms with Gasteiger partial charge in [-0.15, -0.1) is 0 Å². The van der Waals surface area contributed by atoms with Gasteiger partial charge in [0.05, 0.1) is 11.1 Å². The Morgan fingerprint density at radius 1 is 1.12 bits per heavy atom. The predicted octanol–water partition coefficient (Wildman–Crippen LogP) is 3.49. The summed E-state index contributed by atoms with van der Waals surface area (Å²) >= 11 is 0. The zero-order valence-electron chi connectivity index (χ0n) is 23.4. The topological polar surface area (TPSA) is 130 Å². The van der Waals surface area contributed by atoms with Gasteiger partial charge in [0.2, 0.25) is 0 Å². The van der Waals surface area contributed by atoms with Gasteiger partial charge >= 0.3 is 6.01 Å². The molecule has 0 spiro atoms. The molecule has 4 aliphatic rings. The van der Waals surface area contributed by atoms with E-state index in [1.54, 1.807) is 13.1 Å². The highest BCUT2D eigenvalue weighted by Gasteiger charge is 2.49. The van der Waals surface area contributed by atoms with Crippen LogP contribution in [0.2, 0.25) is 0 Å². The standard InChI is InChI=1S/C29H33F2N9O2/c1-33-25-19(18-5-6-20(31)24-22(18)37-27(32)42-24)9-21-23(36-25)26(39-12-16-3-4-17(13-39)34-16)38-28(35-21)41-14-29-7-2-8-40(29)11-15(30)10-29/h5-6,9,15-17,34H,2-4,7-8,10-14H2,1H3,(H2,32,37)(H,33,36)/t15-,16?,17?,29?/m1/s1. The van der Waals surface area contributed by atoms with Crippen LogP contribution >= 0.6 is 0 Å². The van der Waals surface area contributed by atoms with Gasteiger partial charge in [0.15, 0.2) is 17.2 Å². The predicted molar refractivity (Wildman–Crippen MR) is 155 cm³/mol. The molecular formula is C29H33F2N9O2. The number of halogens is 2. The summed E-state index contributed by atoms with van der Waals surface area (Å²) in [6.07, 6.45) is 3.79. The fraction of sp³-hybridized carbons (Fsp3) is 0.517. The molecule has 11 nitrogen and oxygen atoms in total. The van der Waals surface area contributed by atoms with E-state index in [4.69, 9.17) is 29.8 Å². The van der Waals surface area contributed by atoms with Crippen molar-refractivity contribution in [3.05, 3.63) is 24.0 Å². The second-order valence-corrected chi connectivity index (χ2v) is 12.1. The minimum absolute atomic E-state index is 0.0149. The first kappa shape index (κ1) is 25.8. The fourth-order valence-electron chi connectivity index (χ4n) is 7.53. The Balaban J connectivity index is 1.25. The Bertz CT molecular complexity index is 1690. The molecular weight excluding hydrogens is 544 g/mol. The molecule has 0 amide bonds. The van der Waals surface area contributed by atoms with Crippen LogP contribution in [0.4, 0.5) is 26.4 Å². The normalized spacial score (nSPS) is 27.3. The smallest absolute Gasteiger partial charge is 0.319 e. The molecule has 3 unspecified atom stereocenters. The summed E-state index contributed by atoms with van der Waals surface area (Å²) in [6.45, 7) is 3.28. The number of hydrogen-bond acceptors (Lipinski definition) is 11. The molecule has 3 aromatic heterocycles. The van der Waals surface area contributed by atoms with Gasteiger partial charge in [-0.05, 0) is 50.4 Å². The number of ether oxygens (including phenoxy) is 1. The van der Waals surface area contributed by atoms with Crippen molar-refractivity contribution in [2.24, 2.45) is 0 Å². The Kier molecular flexibility index (Phi) is 5.90. The van der Waals surface area contributed by atoms with Crippen LogP contribution in [-0.2, 0) is 0 Å². The zero-order chi connectivity index (χ0) is 28.6. The minimum atomic E-state index is -0.844. The number of hydrogen-bond donors (Lipinski definition) is 3. The van der Waals surface area contributed by atoms with Crippen LogP contribution in [0, 0.1) is 5.82 Å². The SMILES string of the molecule is CNc1nc2c(N3CC4CCC(C3)N4)nc(OCC34CCCN3C[C@H](F)C4)nc2cc1-c1ccc(F)c2oc(N)nc12. The van der Waals surface area contributed by atoms with Gasteiger partial charge in [0.25, 0.3) is 6.01 Å². The lowest BCUT2D eigenvalue weighted by Gasteiger charge is -2.34. The molecule has 220 valence electrons. The maximum atomic E-state index is 14.5. The highest BCUT2D eigenvalue weighted by Crippen LogP contribution is 2.41. The molecule has 4 N–H and O–H groups in total. The maximum Gasteiger partial charge on any atom is 0.319 e. The van der Waals surface area contributed by atoms with E-state index in [0.717, 1.165) is 45.3 Å². The van der Waals surface area contributed by atoms with Gasteiger partial charge in [-0.1, -0.05) is 0 Å². The number of anilines is 3. The van der Waals surface area contributed by atoms with Gasteiger partial charge in [-0.2, -0.15) is 15.0 Å². The van der Waals surface area contributed by atoms with Crippen molar-refractivity contribution in [2.75, 3.05) is 55.8 Å². The van der Waals surface area contributed by atoms with Crippen LogP contribution in [0.25, 0.3) is 33.3 Å². The van der Waals surface area contributed by atoms with E-state index in [1.165, 1.54) is 6.07 Å². The third-order valence-electron chi connectivity index (χ3n) is 9.42. The van der Waals surface area contributed by atoms with E-state index < -0.39 is 12.0 Å². The third-order valence-corrected chi connectivity index (χ3v) is 9.42. The van der Waals surface area contributed by atoms with Gasteiger partial charge < -0.3 is 30.4 Å². The van der Waals surface area contributed by atoms with Crippen molar-refractivity contribution in [1.29, 1.82) is 0 Å². The summed E-state index contributed by atoms with van der Waals surface area (Å²) in [5.41, 5.74) is 8.25. The number of oxazole rings is 1. The third kappa shape index (κ3) is 4.12. The van der Waals surface area contributed by atoms with E-state index >= 15 is 0 Å². The monoisotopic (exact) mass is 577 g/mol. The zero-order valence-corrected chi connectivity index (χ0v) is 23.4. The number of alkyl halides is 1. The largest absolute Gasteiger partial charge is 0.461 e. The minimum Gasteiger partial charge on any atom is -0.461 e. The number of nitrogens with two attached hydrogens (primary N) is 1. The quantitative estimate of drug-likeness (QED) is 0.311. The van der Waals surface area contributed by atoms with E-state index in [2.05, 4.69) is 25.4 Å². The van der Waals surface area contributed by atoms with Crippen LogP contribution in [0.15, 0.2) is 22.6 Å². The van der Waals surface area contributed by atoms with Crippen LogP contribution in [0.3, 0.4) is 0 Å². The number of aromatic nitrogens is 4. The van der Waals surface area contributed by atoms with Gasteiger partial charge in [0.1, 0.15) is 29.6 Å². The van der Waals surface area contributed by atoms with Crippen molar-refractivity contribution >= 4 is 39.8 Å². The first-order valence-electron chi connectivity index (χ1n) is 14.7. The number of benzene rings is 1. The van der Waals surface area contributed by atoms with Crippen LogP contribution < -0.4 is 26.0 Å². The van der Waals surface area contributed by atoms with Crippen molar-refractivity contribution < 1.29 is 17.9 Å². The molecule has 1 aromatic carbocycles. The highest BCUT2D eigenvalue weighted by atomic mass is 19.1. The summed E-state index contributed by atoms with van der Waals surface area (Å²) in [4.78, 5) is 23.5. The second-order valence-electron chi connectivity index (χ2n) is 12.1. The molecule has 4 atom stereocenters. The fourth-order valence-corrected chi connectivity index (χ4v) is 7.53. The molecule has 2 bridgehead atoms. The summed E-state index contributed by atoms with van der Waals surface area (Å²) in [5, 5.41) is 6.86. The first-order chi connectivity index (χ1) is 20.4. The lowest BCUT2D eigenvalue weighted by Crippen LogP contribution is -2.51. The van der Waals surface area contributed by atoms with E-state index in [0.29, 0.717) is 71.0 Å². The number of nitrogens with one attached hydrogen (secondary N) is 2. The maximum absolute atomic E-state index is 14.5. The average molecular weight is 578 g/mol. The number of fused-ring (bicyclic) bond motifs is 5. The molecule has 0 aliphatic carbocycles. The highest BCUT2D eigenvalue weighted by molar-refractivity contribution is 5.99. The average Bonchev–Trinajstić information content (AvgIpc) is 3.73. The molecule has 0 radical (unpaired) electrons. The summed E-state index contributed by atoms with van der Waals surface area (Å²) in [6, 6.07) is 5.76. The molecule has 42 heavy (non-hydrogen) atoms. The van der Waals surface area contributed by atoms with Crippen LogP contribution in [-0.4, -0.2) is 88.5 Å². The Hall–Kier alpha value is -3.84. The molecule has 4 saturated heterocycles. The lowest BCUT2D eigenvalue weighted by molar-refractivity contribution is 0.107. The van der Waals surface area contributed by atoms with Crippen molar-refractivity contribution in [3.8, 4) is 17.1 Å². The summed E-state index contributed by atoms with van der Waals surface area (Å²) < 4.78 is 40.7. The lowest BCUT2D eigenvalue weighted by atomic mass is 9.95. The molecule has 4 aromatic rings. The molecule has 0 saturated carbocycles. The number of rotatable bonds is 6. The van der Waals surface area contributed by atoms with Crippen LogP contribution in [0.1, 0.15) is 32.1 Å². The number of piperazine rings is 1. The van der Waals surface area contributed by atoms with Gasteiger partial charge in [-0.3, -0.25) is 4.90 Å². The Labute approximate surface area is 240 Å². The van der Waals surface area contributed by atoms with Gasteiger partial charge in [0, 0.05) is 56.3 Å². The summed E-state index contributed by atoms with van der Waals surface area (Å²) in [5.74, 6) is 0.727. The molecule has 8 rings (SSSR count). The summed E-state index contributed by atoms with van der Waals surface area (Å²) in [7, 11) is 1.78. The molecule has 13 heteroatoms. The molecule has 7 heterocycles.